The number of hydrogen-bond acceptors (Lipinski definition) is 5. The molecule has 6 nitrogen and oxygen atoms in total. The molecule has 0 aliphatic heterocycles. The molecule has 39 heavy (non-hydrogen) atoms. The number of benzene rings is 3. The van der Waals surface area contributed by atoms with Crippen LogP contribution in [0.5, 0.6) is 5.75 Å². The fourth-order valence-corrected chi connectivity index (χ4v) is 4.45. The molecule has 5 rings (SSSR count). The lowest BCUT2D eigenvalue weighted by atomic mass is 10.1. The van der Waals surface area contributed by atoms with E-state index >= 15 is 0 Å². The lowest BCUT2D eigenvalue weighted by Gasteiger charge is -2.14. The number of rotatable bonds is 10. The standard InChI is InChI=1S/C30H27ClN4O2.2ClH/c1-35(15-5-14-32)19-22-8-11-26-27(16-22)34-30(33-26)29-13-10-25(37-29)18-23-17-24(31)9-12-28(23)36-20-21-6-3-2-4-7-21;;/h2-4,6-13,16-17H,5,15,18-20H2,1H3,(H,33,34);2*1H. The van der Waals surface area contributed by atoms with Crippen LogP contribution in [-0.2, 0) is 19.6 Å². The average Bonchev–Trinajstić information content (AvgIpc) is 3.54. The molecule has 3 aromatic carbocycles. The maximum absolute atomic E-state index is 8.80. The number of furan rings is 1. The zero-order valence-corrected chi connectivity index (χ0v) is 23.8. The molecule has 0 unspecified atom stereocenters. The summed E-state index contributed by atoms with van der Waals surface area (Å²) in [5.41, 5.74) is 5.05. The van der Waals surface area contributed by atoms with Gasteiger partial charge in [0.25, 0.3) is 0 Å². The van der Waals surface area contributed by atoms with Crippen molar-refractivity contribution in [2.24, 2.45) is 0 Å². The first-order chi connectivity index (χ1) is 18.1. The number of nitriles is 1. The highest BCUT2D eigenvalue weighted by Crippen LogP contribution is 2.29. The van der Waals surface area contributed by atoms with Crippen molar-refractivity contribution in [1.82, 2.24) is 14.9 Å². The molecule has 0 saturated heterocycles. The van der Waals surface area contributed by atoms with Gasteiger partial charge in [-0.1, -0.05) is 48.0 Å². The Morgan fingerprint density at radius 2 is 1.82 bits per heavy atom. The zero-order valence-electron chi connectivity index (χ0n) is 21.4. The van der Waals surface area contributed by atoms with Crippen LogP contribution in [0, 0.1) is 11.3 Å². The molecule has 0 aliphatic carbocycles. The van der Waals surface area contributed by atoms with Crippen LogP contribution in [0.1, 0.15) is 28.9 Å². The molecule has 0 atom stereocenters. The van der Waals surface area contributed by atoms with E-state index in [-0.39, 0.29) is 24.8 Å². The van der Waals surface area contributed by atoms with E-state index in [0.717, 1.165) is 52.3 Å². The van der Waals surface area contributed by atoms with Gasteiger partial charge in [0.15, 0.2) is 11.6 Å². The highest BCUT2D eigenvalue weighted by atomic mass is 35.5. The first-order valence-electron chi connectivity index (χ1n) is 12.2. The molecule has 0 amide bonds. The van der Waals surface area contributed by atoms with Gasteiger partial charge in [0.05, 0.1) is 17.1 Å². The predicted molar refractivity (Wildman–Crippen MR) is 160 cm³/mol. The molecule has 0 saturated carbocycles. The smallest absolute Gasteiger partial charge is 0.174 e. The van der Waals surface area contributed by atoms with Gasteiger partial charge in [-0.25, -0.2) is 4.98 Å². The van der Waals surface area contributed by atoms with Gasteiger partial charge < -0.3 is 19.0 Å². The Morgan fingerprint density at radius 1 is 1.00 bits per heavy atom. The molecule has 2 aromatic heterocycles. The first-order valence-corrected chi connectivity index (χ1v) is 12.5. The van der Waals surface area contributed by atoms with Crippen LogP contribution in [0.2, 0.25) is 5.02 Å². The summed E-state index contributed by atoms with van der Waals surface area (Å²) >= 11 is 6.30. The Hall–Kier alpha value is -3.47. The van der Waals surface area contributed by atoms with Crippen molar-refractivity contribution in [3.63, 3.8) is 0 Å². The molecule has 5 aromatic rings. The van der Waals surface area contributed by atoms with Crippen LogP contribution in [0.3, 0.4) is 0 Å². The van der Waals surface area contributed by atoms with Gasteiger partial charge in [0, 0.05) is 36.5 Å². The van der Waals surface area contributed by atoms with E-state index in [2.05, 4.69) is 28.1 Å². The summed E-state index contributed by atoms with van der Waals surface area (Å²) in [5.74, 6) is 2.93. The normalized spacial score (nSPS) is 10.6. The number of aromatic nitrogens is 2. The topological polar surface area (TPSA) is 78.1 Å². The Bertz CT molecular complexity index is 1540. The molecule has 0 fully saturated rings. The number of fused-ring (bicyclic) bond motifs is 1. The highest BCUT2D eigenvalue weighted by molar-refractivity contribution is 6.30. The Balaban J connectivity index is 0.00000210. The quantitative estimate of drug-likeness (QED) is 0.181. The van der Waals surface area contributed by atoms with Crippen molar-refractivity contribution >= 4 is 47.4 Å². The summed E-state index contributed by atoms with van der Waals surface area (Å²) < 4.78 is 12.3. The largest absolute Gasteiger partial charge is 0.489 e. The number of imidazole rings is 1. The third kappa shape index (κ3) is 7.78. The summed E-state index contributed by atoms with van der Waals surface area (Å²) in [6, 6.07) is 28.0. The van der Waals surface area contributed by atoms with Crippen LogP contribution in [-0.4, -0.2) is 28.5 Å². The Morgan fingerprint density at radius 3 is 2.62 bits per heavy atom. The fraction of sp³-hybridized carbons (Fsp3) is 0.200. The summed E-state index contributed by atoms with van der Waals surface area (Å²) in [4.78, 5) is 10.2. The molecular weight excluding hydrogens is 555 g/mol. The van der Waals surface area contributed by atoms with Gasteiger partial charge in [0.1, 0.15) is 18.1 Å². The van der Waals surface area contributed by atoms with E-state index in [9.17, 15) is 0 Å². The van der Waals surface area contributed by atoms with Gasteiger partial charge in [-0.05, 0) is 60.6 Å². The van der Waals surface area contributed by atoms with E-state index in [1.807, 2.05) is 73.8 Å². The van der Waals surface area contributed by atoms with Crippen LogP contribution < -0.4 is 4.74 Å². The number of nitrogens with one attached hydrogen (secondary N) is 1. The molecule has 9 heteroatoms. The number of nitrogens with zero attached hydrogens (tertiary/aromatic N) is 3. The van der Waals surface area contributed by atoms with Gasteiger partial charge >= 0.3 is 0 Å². The third-order valence-corrected chi connectivity index (χ3v) is 6.36. The summed E-state index contributed by atoms with van der Waals surface area (Å²) in [6.07, 6.45) is 1.06. The van der Waals surface area contributed by atoms with Gasteiger partial charge in [0.2, 0.25) is 0 Å². The SMILES string of the molecule is CN(CCC#N)Cc1ccc2nc(-c3ccc(Cc4cc(Cl)ccc4OCc4ccccc4)o3)[nH]c2c1.Cl.Cl. The number of aromatic amines is 1. The minimum absolute atomic E-state index is 0. The highest BCUT2D eigenvalue weighted by Gasteiger charge is 2.14. The molecular formula is C30H29Cl3N4O2. The molecule has 202 valence electrons. The minimum Gasteiger partial charge on any atom is -0.489 e. The van der Waals surface area contributed by atoms with E-state index in [4.69, 9.17) is 31.0 Å². The number of ether oxygens (including phenoxy) is 1. The molecule has 0 aliphatic rings. The average molecular weight is 584 g/mol. The van der Waals surface area contributed by atoms with Crippen molar-refractivity contribution in [3.8, 4) is 23.4 Å². The molecule has 1 N–H and O–H groups in total. The van der Waals surface area contributed by atoms with Crippen molar-refractivity contribution in [1.29, 1.82) is 5.26 Å². The van der Waals surface area contributed by atoms with Crippen LogP contribution in [0.15, 0.2) is 83.3 Å². The third-order valence-electron chi connectivity index (χ3n) is 6.12. The number of H-pyrrole nitrogens is 1. The van der Waals surface area contributed by atoms with Crippen LogP contribution >= 0.6 is 36.4 Å². The maximum atomic E-state index is 8.80. The number of hydrogen-bond donors (Lipinski definition) is 1. The molecule has 2 heterocycles. The number of halogens is 3. The maximum Gasteiger partial charge on any atom is 0.174 e. The summed E-state index contributed by atoms with van der Waals surface area (Å²) in [5, 5.41) is 9.45. The monoisotopic (exact) mass is 582 g/mol. The second-order valence-electron chi connectivity index (χ2n) is 9.05. The van der Waals surface area contributed by atoms with Crippen LogP contribution in [0.4, 0.5) is 0 Å². The Kier molecular flexibility index (Phi) is 10.8. The molecule has 0 bridgehead atoms. The van der Waals surface area contributed by atoms with Gasteiger partial charge in [-0.2, -0.15) is 5.26 Å². The fourth-order valence-electron chi connectivity index (χ4n) is 4.25. The van der Waals surface area contributed by atoms with E-state index in [1.165, 1.54) is 0 Å². The van der Waals surface area contributed by atoms with Crippen LogP contribution in [0.25, 0.3) is 22.6 Å². The van der Waals surface area contributed by atoms with Crippen molar-refractivity contribution in [2.75, 3.05) is 13.6 Å². The second kappa shape index (κ2) is 14.1. The van der Waals surface area contributed by atoms with E-state index < -0.39 is 0 Å². The minimum atomic E-state index is 0. The van der Waals surface area contributed by atoms with Gasteiger partial charge in [-0.15, -0.1) is 24.8 Å². The lowest BCUT2D eigenvalue weighted by Crippen LogP contribution is -2.18. The lowest BCUT2D eigenvalue weighted by molar-refractivity contribution is 0.303. The second-order valence-corrected chi connectivity index (χ2v) is 9.49. The zero-order chi connectivity index (χ0) is 25.6. The van der Waals surface area contributed by atoms with Crippen molar-refractivity contribution < 1.29 is 9.15 Å². The molecule has 0 radical (unpaired) electrons. The predicted octanol–water partition coefficient (Wildman–Crippen LogP) is 7.84. The van der Waals surface area contributed by atoms with E-state index in [1.54, 1.807) is 0 Å². The summed E-state index contributed by atoms with van der Waals surface area (Å²) in [6.45, 7) is 1.99. The van der Waals surface area contributed by atoms with E-state index in [0.29, 0.717) is 36.1 Å². The molecule has 0 spiro atoms. The summed E-state index contributed by atoms with van der Waals surface area (Å²) in [7, 11) is 2.02. The van der Waals surface area contributed by atoms with Crippen molar-refractivity contribution in [2.45, 2.75) is 26.0 Å². The van der Waals surface area contributed by atoms with Crippen molar-refractivity contribution in [3.05, 3.63) is 106 Å². The first kappa shape index (κ1) is 30.1. The van der Waals surface area contributed by atoms with Gasteiger partial charge in [-0.3, -0.25) is 0 Å². The Labute approximate surface area is 245 Å².